The van der Waals surface area contributed by atoms with Crippen LogP contribution >= 0.6 is 22.7 Å². The molecule has 4 N–H and O–H groups in total. The van der Waals surface area contributed by atoms with Crippen molar-refractivity contribution in [3.63, 3.8) is 0 Å². The highest BCUT2D eigenvalue weighted by Crippen LogP contribution is 2.21. The van der Waals surface area contributed by atoms with Crippen LogP contribution in [0.25, 0.3) is 0 Å². The van der Waals surface area contributed by atoms with Gasteiger partial charge in [0.05, 0.1) is 24.6 Å². The van der Waals surface area contributed by atoms with Crippen LogP contribution in [0.3, 0.4) is 0 Å². The summed E-state index contributed by atoms with van der Waals surface area (Å²) in [4.78, 5) is 42.8. The molecule has 3 heterocycles. The molecule has 0 spiro atoms. The van der Waals surface area contributed by atoms with Gasteiger partial charge in [-0.25, -0.2) is 9.78 Å². The number of hydrogen-bond donors (Lipinski definition) is 3. The summed E-state index contributed by atoms with van der Waals surface area (Å²) in [6, 6.07) is 3.76. The molecule has 10 heteroatoms. The SMILES string of the molecule is NC(=O)Cc1csc(NC(=O)C2CCCN(C(=O)NCc3cccs3)C2)n1. The van der Waals surface area contributed by atoms with E-state index in [1.54, 1.807) is 21.6 Å². The minimum absolute atomic E-state index is 0.0496. The predicted octanol–water partition coefficient (Wildman–Crippen LogP) is 1.79. The molecule has 0 radical (unpaired) electrons. The third-order valence-corrected chi connectivity index (χ3v) is 5.89. The maximum absolute atomic E-state index is 12.5. The maximum Gasteiger partial charge on any atom is 0.317 e. The lowest BCUT2D eigenvalue weighted by atomic mass is 9.97. The van der Waals surface area contributed by atoms with E-state index in [4.69, 9.17) is 5.73 Å². The molecule has 1 fully saturated rings. The molecule has 4 amide bonds. The van der Waals surface area contributed by atoms with Gasteiger partial charge < -0.3 is 21.3 Å². The summed E-state index contributed by atoms with van der Waals surface area (Å²) in [5.41, 5.74) is 5.69. The summed E-state index contributed by atoms with van der Waals surface area (Å²) in [5, 5.41) is 9.78. The topological polar surface area (TPSA) is 117 Å². The molecule has 1 aliphatic rings. The number of amides is 4. The molecule has 0 aromatic carbocycles. The fraction of sp³-hybridized carbons (Fsp3) is 0.412. The summed E-state index contributed by atoms with van der Waals surface area (Å²) < 4.78 is 0. The third kappa shape index (κ3) is 5.51. The van der Waals surface area contributed by atoms with Crippen LogP contribution in [0.1, 0.15) is 23.4 Å². The number of nitrogens with zero attached hydrogens (tertiary/aromatic N) is 2. The zero-order valence-corrected chi connectivity index (χ0v) is 16.3. The Morgan fingerprint density at radius 2 is 2.19 bits per heavy atom. The molecule has 0 saturated carbocycles. The average molecular weight is 408 g/mol. The predicted molar refractivity (Wildman–Crippen MR) is 104 cm³/mol. The van der Waals surface area contributed by atoms with Gasteiger partial charge >= 0.3 is 6.03 Å². The standard InChI is InChI=1S/C17H21N5O3S2/c18-14(23)7-12-10-27-16(20-12)21-15(24)11-3-1-5-22(9-11)17(25)19-8-13-4-2-6-26-13/h2,4,6,10-11H,1,3,5,7-9H2,(H2,18,23)(H,19,25)(H,20,21,24). The fourth-order valence-electron chi connectivity index (χ4n) is 2.89. The first-order chi connectivity index (χ1) is 13.0. The molecule has 1 aliphatic heterocycles. The van der Waals surface area contributed by atoms with Gasteiger partial charge in [0.25, 0.3) is 0 Å². The second-order valence-electron chi connectivity index (χ2n) is 6.30. The van der Waals surface area contributed by atoms with Gasteiger partial charge in [-0.3, -0.25) is 9.59 Å². The zero-order valence-electron chi connectivity index (χ0n) is 14.6. The van der Waals surface area contributed by atoms with Crippen LogP contribution < -0.4 is 16.4 Å². The number of aromatic nitrogens is 1. The molecule has 144 valence electrons. The summed E-state index contributed by atoms with van der Waals surface area (Å²) in [6.07, 6.45) is 1.54. The monoisotopic (exact) mass is 407 g/mol. The molecular formula is C17H21N5O3S2. The van der Waals surface area contributed by atoms with Gasteiger partial charge in [0.15, 0.2) is 5.13 Å². The number of primary amides is 1. The largest absolute Gasteiger partial charge is 0.369 e. The van der Waals surface area contributed by atoms with Crippen LogP contribution in [0.4, 0.5) is 9.93 Å². The van der Waals surface area contributed by atoms with E-state index in [1.165, 1.54) is 11.3 Å². The molecule has 1 unspecified atom stereocenters. The van der Waals surface area contributed by atoms with E-state index >= 15 is 0 Å². The van der Waals surface area contributed by atoms with Crippen molar-refractivity contribution in [2.24, 2.45) is 11.7 Å². The Kier molecular flexibility index (Phi) is 6.40. The highest BCUT2D eigenvalue weighted by Gasteiger charge is 2.28. The molecule has 1 saturated heterocycles. The van der Waals surface area contributed by atoms with Gasteiger partial charge in [0.2, 0.25) is 11.8 Å². The zero-order chi connectivity index (χ0) is 19.2. The average Bonchev–Trinajstić information content (AvgIpc) is 3.31. The van der Waals surface area contributed by atoms with Crippen LogP contribution in [0, 0.1) is 5.92 Å². The first kappa shape index (κ1) is 19.3. The van der Waals surface area contributed by atoms with Crippen molar-refractivity contribution in [2.75, 3.05) is 18.4 Å². The Balaban J connectivity index is 1.50. The highest BCUT2D eigenvalue weighted by molar-refractivity contribution is 7.14. The van der Waals surface area contributed by atoms with Crippen molar-refractivity contribution in [1.82, 2.24) is 15.2 Å². The van der Waals surface area contributed by atoms with Crippen molar-refractivity contribution in [3.8, 4) is 0 Å². The number of likely N-dealkylation sites (tertiary alicyclic amines) is 1. The Hall–Kier alpha value is -2.46. The number of rotatable bonds is 6. The van der Waals surface area contributed by atoms with E-state index in [1.807, 2.05) is 17.5 Å². The van der Waals surface area contributed by atoms with Crippen molar-refractivity contribution in [3.05, 3.63) is 33.5 Å². The molecule has 1 atom stereocenters. The molecule has 27 heavy (non-hydrogen) atoms. The number of thiophene rings is 1. The molecule has 0 aliphatic carbocycles. The number of urea groups is 1. The van der Waals surface area contributed by atoms with Crippen LogP contribution in [-0.2, 0) is 22.6 Å². The van der Waals surface area contributed by atoms with E-state index in [0.29, 0.717) is 30.5 Å². The first-order valence-corrected chi connectivity index (χ1v) is 10.4. The number of nitrogens with one attached hydrogen (secondary N) is 2. The van der Waals surface area contributed by atoms with Gasteiger partial charge in [-0.05, 0) is 24.3 Å². The maximum atomic E-state index is 12.5. The Labute approximate surface area is 164 Å². The summed E-state index contributed by atoms with van der Waals surface area (Å²) in [5.74, 6) is -0.907. The van der Waals surface area contributed by atoms with Crippen molar-refractivity contribution in [1.29, 1.82) is 0 Å². The minimum atomic E-state index is -0.463. The second kappa shape index (κ2) is 8.96. The fourth-order valence-corrected chi connectivity index (χ4v) is 4.25. The molecule has 8 nitrogen and oxygen atoms in total. The van der Waals surface area contributed by atoms with Crippen LogP contribution in [0.2, 0.25) is 0 Å². The molecule has 3 rings (SSSR count). The number of carbonyl (C=O) groups excluding carboxylic acids is 3. The second-order valence-corrected chi connectivity index (χ2v) is 8.19. The molecule has 2 aromatic rings. The summed E-state index contributed by atoms with van der Waals surface area (Å²) in [7, 11) is 0. The molecular weight excluding hydrogens is 386 g/mol. The number of carbonyl (C=O) groups is 3. The number of anilines is 1. The smallest absolute Gasteiger partial charge is 0.317 e. The summed E-state index contributed by atoms with van der Waals surface area (Å²) in [6.45, 7) is 1.51. The van der Waals surface area contributed by atoms with Gasteiger partial charge in [0, 0.05) is 23.3 Å². The first-order valence-electron chi connectivity index (χ1n) is 8.60. The Morgan fingerprint density at radius 1 is 1.33 bits per heavy atom. The quantitative estimate of drug-likeness (QED) is 0.677. The van der Waals surface area contributed by atoms with Gasteiger partial charge in [-0.1, -0.05) is 6.07 Å². The van der Waals surface area contributed by atoms with Crippen LogP contribution in [0.5, 0.6) is 0 Å². The lowest BCUT2D eigenvalue weighted by Crippen LogP contribution is -2.47. The van der Waals surface area contributed by atoms with Gasteiger partial charge in [-0.2, -0.15) is 0 Å². The Morgan fingerprint density at radius 3 is 2.93 bits per heavy atom. The van der Waals surface area contributed by atoms with Crippen LogP contribution in [0.15, 0.2) is 22.9 Å². The molecule has 0 bridgehead atoms. The van der Waals surface area contributed by atoms with Crippen molar-refractivity contribution >= 4 is 45.7 Å². The van der Waals surface area contributed by atoms with Crippen molar-refractivity contribution < 1.29 is 14.4 Å². The van der Waals surface area contributed by atoms with E-state index < -0.39 is 5.91 Å². The lowest BCUT2D eigenvalue weighted by Gasteiger charge is -2.31. The highest BCUT2D eigenvalue weighted by atomic mass is 32.1. The minimum Gasteiger partial charge on any atom is -0.369 e. The number of piperidine rings is 1. The lowest BCUT2D eigenvalue weighted by molar-refractivity contribution is -0.121. The normalized spacial score (nSPS) is 16.7. The molecule has 2 aromatic heterocycles. The number of hydrogen-bond acceptors (Lipinski definition) is 6. The van der Waals surface area contributed by atoms with Crippen molar-refractivity contribution in [2.45, 2.75) is 25.8 Å². The van der Waals surface area contributed by atoms with E-state index in [0.717, 1.165) is 17.7 Å². The Bertz CT molecular complexity index is 805. The van der Waals surface area contributed by atoms with E-state index in [2.05, 4.69) is 15.6 Å². The van der Waals surface area contributed by atoms with Gasteiger partial charge in [-0.15, -0.1) is 22.7 Å². The number of nitrogens with two attached hydrogens (primary N) is 1. The van der Waals surface area contributed by atoms with E-state index in [-0.39, 0.29) is 24.3 Å². The summed E-state index contributed by atoms with van der Waals surface area (Å²) >= 11 is 2.85. The van der Waals surface area contributed by atoms with Crippen LogP contribution in [-0.4, -0.2) is 40.8 Å². The van der Waals surface area contributed by atoms with E-state index in [9.17, 15) is 14.4 Å². The number of thiazole rings is 1. The van der Waals surface area contributed by atoms with Gasteiger partial charge in [0.1, 0.15) is 0 Å². The third-order valence-electron chi connectivity index (χ3n) is 4.21.